The van der Waals surface area contributed by atoms with Gasteiger partial charge in [0.15, 0.2) is 0 Å². The Balaban J connectivity index is 1.44. The number of hydrogen-bond donors (Lipinski definition) is 1. The second-order valence-corrected chi connectivity index (χ2v) is 8.63. The maximum Gasteiger partial charge on any atom is 0.261 e. The van der Waals surface area contributed by atoms with E-state index in [1.165, 1.54) is 11.3 Å². The number of nitrogens with one attached hydrogen (secondary N) is 1. The lowest BCUT2D eigenvalue weighted by atomic mass is 10.1. The second kappa shape index (κ2) is 8.50. The maximum atomic E-state index is 12.8. The normalized spacial score (nSPS) is 12.1. The summed E-state index contributed by atoms with van der Waals surface area (Å²) in [6, 6.07) is 14.0. The molecular formula is C23H23ClN4OS. The van der Waals surface area contributed by atoms with Crippen molar-refractivity contribution >= 4 is 28.8 Å². The molecule has 0 spiro atoms. The summed E-state index contributed by atoms with van der Waals surface area (Å²) in [6.07, 6.45) is 4.01. The summed E-state index contributed by atoms with van der Waals surface area (Å²) in [4.78, 5) is 13.5. The molecule has 0 radical (unpaired) electrons. The summed E-state index contributed by atoms with van der Waals surface area (Å²) in [5.74, 6) is -0.0727. The third-order valence-electron chi connectivity index (χ3n) is 5.12. The average molecular weight is 439 g/mol. The fourth-order valence-electron chi connectivity index (χ4n) is 3.39. The van der Waals surface area contributed by atoms with Crippen molar-refractivity contribution in [3.05, 3.63) is 92.7 Å². The van der Waals surface area contributed by atoms with Crippen molar-refractivity contribution in [3.8, 4) is 5.69 Å². The summed E-state index contributed by atoms with van der Waals surface area (Å²) < 4.78 is 3.92. The van der Waals surface area contributed by atoms with E-state index in [0.717, 1.165) is 28.2 Å². The molecule has 0 aliphatic rings. The zero-order valence-electron chi connectivity index (χ0n) is 17.1. The number of rotatable bonds is 6. The monoisotopic (exact) mass is 438 g/mol. The van der Waals surface area contributed by atoms with Crippen LogP contribution in [-0.4, -0.2) is 20.3 Å². The highest BCUT2D eigenvalue weighted by molar-refractivity contribution is 7.12. The Morgan fingerprint density at radius 3 is 2.67 bits per heavy atom. The summed E-state index contributed by atoms with van der Waals surface area (Å²) in [7, 11) is 0. The number of carbonyl (C=O) groups is 1. The van der Waals surface area contributed by atoms with E-state index in [2.05, 4.69) is 27.1 Å². The fraction of sp³-hybridized carbons (Fsp3) is 0.217. The van der Waals surface area contributed by atoms with Crippen LogP contribution in [0.5, 0.6) is 0 Å². The molecule has 0 fully saturated rings. The van der Waals surface area contributed by atoms with Crippen molar-refractivity contribution < 1.29 is 4.79 Å². The number of nitrogens with zero attached hydrogens (tertiary/aromatic N) is 3. The molecule has 7 heteroatoms. The zero-order chi connectivity index (χ0) is 21.3. The van der Waals surface area contributed by atoms with E-state index in [1.54, 1.807) is 0 Å². The molecule has 0 aliphatic heterocycles. The summed E-state index contributed by atoms with van der Waals surface area (Å²) in [6.45, 7) is 6.44. The number of aryl methyl sites for hydroxylation is 1. The number of carbonyl (C=O) groups excluding carboxylic acids is 1. The van der Waals surface area contributed by atoms with Crippen molar-refractivity contribution in [2.45, 2.75) is 33.4 Å². The van der Waals surface area contributed by atoms with E-state index in [-0.39, 0.29) is 11.9 Å². The molecule has 154 valence electrons. The highest BCUT2D eigenvalue weighted by Gasteiger charge is 2.15. The smallest absolute Gasteiger partial charge is 0.261 e. The topological polar surface area (TPSA) is 51.9 Å². The third-order valence-corrected chi connectivity index (χ3v) is 6.65. The first-order chi connectivity index (χ1) is 14.4. The van der Waals surface area contributed by atoms with Gasteiger partial charge in [-0.3, -0.25) is 9.48 Å². The Kier molecular flexibility index (Phi) is 5.79. The van der Waals surface area contributed by atoms with Gasteiger partial charge in [0.1, 0.15) is 0 Å². The van der Waals surface area contributed by atoms with Gasteiger partial charge in [0.05, 0.1) is 33.9 Å². The maximum absolute atomic E-state index is 12.8. The molecule has 0 saturated heterocycles. The molecule has 1 aromatic carbocycles. The molecule has 0 bridgehead atoms. The van der Waals surface area contributed by atoms with Crippen LogP contribution in [0.2, 0.25) is 5.02 Å². The van der Waals surface area contributed by atoms with Crippen molar-refractivity contribution in [2.24, 2.45) is 0 Å². The minimum Gasteiger partial charge on any atom is -0.345 e. The minimum absolute atomic E-state index is 0.0727. The van der Waals surface area contributed by atoms with Crippen molar-refractivity contribution in [3.63, 3.8) is 0 Å². The highest BCUT2D eigenvalue weighted by Crippen LogP contribution is 2.23. The molecule has 3 heterocycles. The molecule has 1 amide bonds. The lowest BCUT2D eigenvalue weighted by molar-refractivity contribution is 0.0944. The molecule has 4 rings (SSSR count). The van der Waals surface area contributed by atoms with E-state index in [4.69, 9.17) is 11.6 Å². The highest BCUT2D eigenvalue weighted by atomic mass is 35.5. The van der Waals surface area contributed by atoms with Crippen LogP contribution in [-0.2, 0) is 6.54 Å². The van der Waals surface area contributed by atoms with Gasteiger partial charge in [-0.1, -0.05) is 23.7 Å². The molecule has 1 atom stereocenters. The first-order valence-corrected chi connectivity index (χ1v) is 11.0. The Morgan fingerprint density at radius 2 is 1.97 bits per heavy atom. The molecule has 0 aliphatic carbocycles. The molecule has 30 heavy (non-hydrogen) atoms. The van der Waals surface area contributed by atoms with Gasteiger partial charge in [-0.15, -0.1) is 11.3 Å². The van der Waals surface area contributed by atoms with Crippen LogP contribution in [0.15, 0.2) is 60.2 Å². The summed E-state index contributed by atoms with van der Waals surface area (Å²) >= 11 is 7.67. The molecule has 5 nitrogen and oxygen atoms in total. The van der Waals surface area contributed by atoms with Gasteiger partial charge in [-0.05, 0) is 67.6 Å². The minimum atomic E-state index is -0.103. The number of aromatic nitrogens is 3. The quantitative estimate of drug-likeness (QED) is 0.429. The van der Waals surface area contributed by atoms with Gasteiger partial charge in [0, 0.05) is 18.1 Å². The second-order valence-electron chi connectivity index (χ2n) is 7.34. The molecule has 3 aromatic heterocycles. The number of benzene rings is 1. The van der Waals surface area contributed by atoms with Crippen molar-refractivity contribution in [1.82, 2.24) is 19.7 Å². The molecule has 1 N–H and O–H groups in total. The Bertz CT molecular complexity index is 1180. The molecule has 1 unspecified atom stereocenters. The van der Waals surface area contributed by atoms with Crippen LogP contribution < -0.4 is 5.32 Å². The SMILES string of the molecule is Cc1nn(Cc2csc(C(=O)NC(C)c3cccc(-n4cccc4)c3)c2)c(C)c1Cl. The van der Waals surface area contributed by atoms with Crippen LogP contribution in [0.25, 0.3) is 5.69 Å². The Morgan fingerprint density at radius 1 is 1.20 bits per heavy atom. The molecular weight excluding hydrogens is 416 g/mol. The number of hydrogen-bond acceptors (Lipinski definition) is 3. The van der Waals surface area contributed by atoms with Gasteiger partial charge in [-0.2, -0.15) is 5.10 Å². The first kappa shape index (κ1) is 20.4. The first-order valence-electron chi connectivity index (χ1n) is 9.73. The predicted octanol–water partition coefficient (Wildman–Crippen LogP) is 5.54. The van der Waals surface area contributed by atoms with Gasteiger partial charge >= 0.3 is 0 Å². The number of halogens is 1. The van der Waals surface area contributed by atoms with Crippen LogP contribution in [0.4, 0.5) is 0 Å². The van der Waals surface area contributed by atoms with E-state index in [9.17, 15) is 4.79 Å². The van der Waals surface area contributed by atoms with E-state index >= 15 is 0 Å². The summed E-state index contributed by atoms with van der Waals surface area (Å²) in [5, 5.41) is 10.3. The van der Waals surface area contributed by atoms with Gasteiger partial charge in [0.2, 0.25) is 0 Å². The zero-order valence-corrected chi connectivity index (χ0v) is 18.7. The van der Waals surface area contributed by atoms with Crippen LogP contribution in [0.3, 0.4) is 0 Å². The Labute approximate surface area is 184 Å². The largest absolute Gasteiger partial charge is 0.345 e. The van der Waals surface area contributed by atoms with Crippen molar-refractivity contribution in [2.75, 3.05) is 0 Å². The van der Waals surface area contributed by atoms with E-state index in [1.807, 2.05) is 73.6 Å². The van der Waals surface area contributed by atoms with Crippen LogP contribution in [0, 0.1) is 13.8 Å². The lowest BCUT2D eigenvalue weighted by Gasteiger charge is -2.15. The van der Waals surface area contributed by atoms with Gasteiger partial charge in [0.25, 0.3) is 5.91 Å². The van der Waals surface area contributed by atoms with E-state index < -0.39 is 0 Å². The standard InChI is InChI=1S/C23H23ClN4OS/c1-15(19-7-6-8-20(12-19)27-9-4-5-10-27)25-23(29)21-11-18(14-30-21)13-28-17(3)22(24)16(2)26-28/h4-12,14-15H,13H2,1-3H3,(H,25,29). The van der Waals surface area contributed by atoms with Crippen molar-refractivity contribution in [1.29, 1.82) is 0 Å². The number of amides is 1. The van der Waals surface area contributed by atoms with Crippen LogP contribution in [0.1, 0.15) is 45.2 Å². The number of thiophene rings is 1. The summed E-state index contributed by atoms with van der Waals surface area (Å²) in [5.41, 5.74) is 4.92. The third kappa shape index (κ3) is 4.20. The lowest BCUT2D eigenvalue weighted by Crippen LogP contribution is -2.26. The Hall–Kier alpha value is -2.83. The van der Waals surface area contributed by atoms with Crippen LogP contribution >= 0.6 is 22.9 Å². The fourth-order valence-corrected chi connectivity index (χ4v) is 4.33. The molecule has 0 saturated carbocycles. The van der Waals surface area contributed by atoms with Gasteiger partial charge < -0.3 is 9.88 Å². The van der Waals surface area contributed by atoms with Gasteiger partial charge in [-0.25, -0.2) is 0 Å². The predicted molar refractivity (Wildman–Crippen MR) is 122 cm³/mol. The molecule has 4 aromatic rings. The average Bonchev–Trinajstić information content (AvgIpc) is 3.48. The van der Waals surface area contributed by atoms with E-state index in [0.29, 0.717) is 16.4 Å².